The Morgan fingerprint density at radius 1 is 1.00 bits per heavy atom. The van der Waals surface area contributed by atoms with E-state index in [1.54, 1.807) is 6.26 Å². The molecule has 4 heteroatoms. The van der Waals surface area contributed by atoms with Gasteiger partial charge in [-0.3, -0.25) is 0 Å². The van der Waals surface area contributed by atoms with Gasteiger partial charge in [-0.2, -0.15) is 0 Å². The summed E-state index contributed by atoms with van der Waals surface area (Å²) in [5, 5.41) is 8.99. The van der Waals surface area contributed by atoms with Crippen molar-refractivity contribution in [1.29, 1.82) is 0 Å². The molecule has 3 rings (SSSR count). The van der Waals surface area contributed by atoms with Crippen LogP contribution >= 0.6 is 0 Å². The van der Waals surface area contributed by atoms with E-state index in [0.717, 1.165) is 35.4 Å². The first kappa shape index (κ1) is 17.0. The second-order valence-electron chi connectivity index (χ2n) is 5.64. The third-order valence-electron chi connectivity index (χ3n) is 3.74. The molecule has 25 heavy (non-hydrogen) atoms. The SMILES string of the molecule is OCCCc1ccccc1OCc1coc(/C=C/c2ccccc2)n1. The van der Waals surface area contributed by atoms with E-state index in [1.807, 2.05) is 66.7 Å². The molecule has 0 unspecified atom stereocenters. The number of aliphatic hydroxyl groups is 1. The summed E-state index contributed by atoms with van der Waals surface area (Å²) in [4.78, 5) is 4.41. The Morgan fingerprint density at radius 2 is 1.80 bits per heavy atom. The number of benzene rings is 2. The average Bonchev–Trinajstić information content (AvgIpc) is 3.12. The van der Waals surface area contributed by atoms with E-state index in [0.29, 0.717) is 12.5 Å². The number of aromatic nitrogens is 1. The Labute approximate surface area is 147 Å². The molecule has 0 saturated carbocycles. The van der Waals surface area contributed by atoms with Gasteiger partial charge in [0, 0.05) is 12.7 Å². The summed E-state index contributed by atoms with van der Waals surface area (Å²) < 4.78 is 11.3. The summed E-state index contributed by atoms with van der Waals surface area (Å²) in [6.45, 7) is 0.521. The molecule has 0 aliphatic carbocycles. The summed E-state index contributed by atoms with van der Waals surface area (Å²) >= 11 is 0. The largest absolute Gasteiger partial charge is 0.487 e. The quantitative estimate of drug-likeness (QED) is 0.665. The van der Waals surface area contributed by atoms with Gasteiger partial charge >= 0.3 is 0 Å². The van der Waals surface area contributed by atoms with Crippen LogP contribution in [-0.2, 0) is 13.0 Å². The molecule has 0 spiro atoms. The van der Waals surface area contributed by atoms with Crippen molar-refractivity contribution < 1.29 is 14.3 Å². The van der Waals surface area contributed by atoms with Gasteiger partial charge in [0.15, 0.2) is 0 Å². The van der Waals surface area contributed by atoms with Gasteiger partial charge in [-0.1, -0.05) is 48.5 Å². The van der Waals surface area contributed by atoms with E-state index in [-0.39, 0.29) is 6.61 Å². The van der Waals surface area contributed by atoms with Crippen LogP contribution in [0.3, 0.4) is 0 Å². The minimum Gasteiger partial charge on any atom is -0.487 e. The van der Waals surface area contributed by atoms with Crippen molar-refractivity contribution in [1.82, 2.24) is 4.98 Å². The summed E-state index contributed by atoms with van der Waals surface area (Å²) in [5.74, 6) is 1.37. The zero-order valence-corrected chi connectivity index (χ0v) is 14.0. The summed E-state index contributed by atoms with van der Waals surface area (Å²) in [6.07, 6.45) is 6.92. The second-order valence-corrected chi connectivity index (χ2v) is 5.64. The molecule has 0 radical (unpaired) electrons. The first-order valence-corrected chi connectivity index (χ1v) is 8.34. The van der Waals surface area contributed by atoms with Crippen LogP contribution in [0.4, 0.5) is 0 Å². The molecule has 1 heterocycles. The second kappa shape index (κ2) is 8.85. The molecule has 0 aliphatic heterocycles. The first-order valence-electron chi connectivity index (χ1n) is 8.34. The summed E-state index contributed by atoms with van der Waals surface area (Å²) in [6, 6.07) is 17.9. The molecule has 0 aliphatic rings. The molecule has 1 aromatic heterocycles. The van der Waals surface area contributed by atoms with Crippen molar-refractivity contribution in [2.75, 3.05) is 6.61 Å². The maximum atomic E-state index is 8.99. The number of hydrogen-bond donors (Lipinski definition) is 1. The van der Waals surface area contributed by atoms with Gasteiger partial charge in [-0.25, -0.2) is 4.98 Å². The molecule has 0 saturated heterocycles. The molecule has 128 valence electrons. The van der Waals surface area contributed by atoms with Crippen molar-refractivity contribution >= 4 is 12.2 Å². The van der Waals surface area contributed by atoms with Crippen molar-refractivity contribution in [2.45, 2.75) is 19.4 Å². The van der Waals surface area contributed by atoms with Gasteiger partial charge in [0.05, 0.1) is 0 Å². The van der Waals surface area contributed by atoms with E-state index in [1.165, 1.54) is 0 Å². The molecule has 0 bridgehead atoms. The fourth-order valence-electron chi connectivity index (χ4n) is 2.47. The van der Waals surface area contributed by atoms with Crippen molar-refractivity contribution in [3.63, 3.8) is 0 Å². The molecule has 0 fully saturated rings. The predicted molar refractivity (Wildman–Crippen MR) is 98.1 cm³/mol. The zero-order chi connectivity index (χ0) is 17.3. The zero-order valence-electron chi connectivity index (χ0n) is 14.0. The van der Waals surface area contributed by atoms with Crippen molar-refractivity contribution in [3.05, 3.63) is 83.6 Å². The predicted octanol–water partition coefficient (Wildman–Crippen LogP) is 4.35. The number of para-hydroxylation sites is 1. The number of ether oxygens (including phenoxy) is 1. The highest BCUT2D eigenvalue weighted by molar-refractivity contribution is 5.65. The van der Waals surface area contributed by atoms with E-state index < -0.39 is 0 Å². The van der Waals surface area contributed by atoms with Gasteiger partial charge in [-0.05, 0) is 36.1 Å². The third-order valence-corrected chi connectivity index (χ3v) is 3.74. The maximum Gasteiger partial charge on any atom is 0.218 e. The van der Waals surface area contributed by atoms with Gasteiger partial charge in [-0.15, -0.1) is 0 Å². The van der Waals surface area contributed by atoms with Crippen molar-refractivity contribution in [3.8, 4) is 5.75 Å². The van der Waals surface area contributed by atoms with Crippen LogP contribution in [0, 0.1) is 0 Å². The standard InChI is InChI=1S/C21H21NO3/c23-14-6-10-18-9-4-5-11-20(18)24-15-19-16-25-21(22-19)13-12-17-7-2-1-3-8-17/h1-5,7-9,11-13,16,23H,6,10,14-15H2/b13-12+. The molecule has 4 nitrogen and oxygen atoms in total. The smallest absolute Gasteiger partial charge is 0.218 e. The average molecular weight is 335 g/mol. The Balaban J connectivity index is 1.60. The van der Waals surface area contributed by atoms with Crippen LogP contribution in [0.25, 0.3) is 12.2 Å². The fourth-order valence-corrected chi connectivity index (χ4v) is 2.47. The van der Waals surface area contributed by atoms with E-state index in [9.17, 15) is 0 Å². The first-order chi connectivity index (χ1) is 12.3. The summed E-state index contributed by atoms with van der Waals surface area (Å²) in [5.41, 5.74) is 2.92. The minimum atomic E-state index is 0.175. The molecule has 2 aromatic carbocycles. The monoisotopic (exact) mass is 335 g/mol. The number of nitrogens with zero attached hydrogens (tertiary/aromatic N) is 1. The summed E-state index contributed by atoms with van der Waals surface area (Å²) in [7, 11) is 0. The number of hydrogen-bond acceptors (Lipinski definition) is 4. The molecular formula is C21H21NO3. The highest BCUT2D eigenvalue weighted by Gasteiger charge is 2.06. The van der Waals surface area contributed by atoms with Crippen LogP contribution in [0.15, 0.2) is 65.3 Å². The van der Waals surface area contributed by atoms with Gasteiger partial charge < -0.3 is 14.3 Å². The lowest BCUT2D eigenvalue weighted by atomic mass is 10.1. The lowest BCUT2D eigenvalue weighted by Crippen LogP contribution is -2.00. The lowest BCUT2D eigenvalue weighted by Gasteiger charge is -2.09. The Bertz CT molecular complexity index is 809. The Morgan fingerprint density at radius 3 is 2.64 bits per heavy atom. The van der Waals surface area contributed by atoms with Crippen LogP contribution in [0.2, 0.25) is 0 Å². The number of aryl methyl sites for hydroxylation is 1. The van der Waals surface area contributed by atoms with Gasteiger partial charge in [0.25, 0.3) is 0 Å². The lowest BCUT2D eigenvalue weighted by molar-refractivity contribution is 0.282. The highest BCUT2D eigenvalue weighted by atomic mass is 16.5. The fraction of sp³-hybridized carbons (Fsp3) is 0.190. The van der Waals surface area contributed by atoms with Crippen LogP contribution in [0.5, 0.6) is 5.75 Å². The number of aliphatic hydroxyl groups excluding tert-OH is 1. The van der Waals surface area contributed by atoms with Crippen LogP contribution in [0.1, 0.15) is 29.1 Å². The van der Waals surface area contributed by atoms with Crippen LogP contribution in [-0.4, -0.2) is 16.7 Å². The molecular weight excluding hydrogens is 314 g/mol. The number of rotatable bonds is 8. The van der Waals surface area contributed by atoms with E-state index >= 15 is 0 Å². The van der Waals surface area contributed by atoms with Crippen LogP contribution < -0.4 is 4.74 Å². The van der Waals surface area contributed by atoms with Crippen molar-refractivity contribution in [2.24, 2.45) is 0 Å². The van der Waals surface area contributed by atoms with E-state index in [2.05, 4.69) is 4.98 Å². The van der Waals surface area contributed by atoms with Gasteiger partial charge in [0.2, 0.25) is 5.89 Å². The van der Waals surface area contributed by atoms with E-state index in [4.69, 9.17) is 14.3 Å². The normalized spacial score (nSPS) is 11.1. The molecule has 0 amide bonds. The Hall–Kier alpha value is -2.85. The van der Waals surface area contributed by atoms with Gasteiger partial charge in [0.1, 0.15) is 24.3 Å². The topological polar surface area (TPSA) is 55.5 Å². The number of oxazole rings is 1. The minimum absolute atomic E-state index is 0.175. The molecule has 3 aromatic rings. The molecule has 0 atom stereocenters. The highest BCUT2D eigenvalue weighted by Crippen LogP contribution is 2.21. The maximum absolute atomic E-state index is 8.99. The third kappa shape index (κ3) is 5.06. The molecule has 1 N–H and O–H groups in total. The Kier molecular flexibility index (Phi) is 6.01.